The zero-order chi connectivity index (χ0) is 9.68. The highest BCUT2D eigenvalue weighted by atomic mass is 16.5. The van der Waals surface area contributed by atoms with Gasteiger partial charge < -0.3 is 10.5 Å². The van der Waals surface area contributed by atoms with Crippen LogP contribution >= 0.6 is 0 Å². The van der Waals surface area contributed by atoms with Gasteiger partial charge in [-0.1, -0.05) is 30.3 Å². The van der Waals surface area contributed by atoms with Gasteiger partial charge >= 0.3 is 0 Å². The molecule has 0 heterocycles. The molecule has 13 heavy (non-hydrogen) atoms. The molecule has 3 nitrogen and oxygen atoms in total. The molecule has 0 spiro atoms. The minimum Gasteiger partial charge on any atom is -0.458 e. The topological polar surface area (TPSA) is 52.3 Å². The third-order valence-corrected chi connectivity index (χ3v) is 1.81. The zero-order valence-electron chi connectivity index (χ0n) is 7.51. The summed E-state index contributed by atoms with van der Waals surface area (Å²) < 4.78 is 4.88. The predicted molar refractivity (Wildman–Crippen MR) is 50.0 cm³/mol. The van der Waals surface area contributed by atoms with Crippen molar-refractivity contribution < 1.29 is 9.53 Å². The Balaban J connectivity index is 2.82. The average molecular weight is 179 g/mol. The van der Waals surface area contributed by atoms with E-state index in [0.717, 1.165) is 5.56 Å². The van der Waals surface area contributed by atoms with Gasteiger partial charge in [-0.25, -0.2) is 0 Å². The molecule has 0 aliphatic rings. The molecule has 0 aliphatic heterocycles. The van der Waals surface area contributed by atoms with Gasteiger partial charge in [0.25, 0.3) is 6.47 Å². The minimum atomic E-state index is -0.348. The van der Waals surface area contributed by atoms with Crippen LogP contribution in [0, 0.1) is 0 Å². The van der Waals surface area contributed by atoms with Crippen molar-refractivity contribution in [2.45, 2.75) is 19.1 Å². The number of hydrogen-bond acceptors (Lipinski definition) is 3. The summed E-state index contributed by atoms with van der Waals surface area (Å²) in [6.45, 7) is 2.24. The van der Waals surface area contributed by atoms with Gasteiger partial charge in [0.15, 0.2) is 0 Å². The van der Waals surface area contributed by atoms with E-state index in [2.05, 4.69) is 0 Å². The highest BCUT2D eigenvalue weighted by Crippen LogP contribution is 2.18. The number of carbonyl (C=O) groups is 1. The van der Waals surface area contributed by atoms with E-state index in [1.807, 2.05) is 30.3 Å². The van der Waals surface area contributed by atoms with Crippen molar-refractivity contribution in [1.82, 2.24) is 0 Å². The smallest absolute Gasteiger partial charge is 0.293 e. The van der Waals surface area contributed by atoms with Crippen molar-refractivity contribution in [2.75, 3.05) is 0 Å². The molecular formula is C10H13NO2. The number of nitrogens with two attached hydrogens (primary N) is 1. The van der Waals surface area contributed by atoms with Crippen LogP contribution in [0.15, 0.2) is 30.3 Å². The fraction of sp³-hybridized carbons (Fsp3) is 0.300. The number of benzene rings is 1. The molecule has 2 atom stereocenters. The summed E-state index contributed by atoms with van der Waals surface area (Å²) in [4.78, 5) is 10.2. The Hall–Kier alpha value is -1.35. The SMILES string of the molecule is CC(N)C(OC=O)c1ccccc1. The van der Waals surface area contributed by atoms with Crippen LogP contribution in [0.3, 0.4) is 0 Å². The minimum absolute atomic E-state index is 0.201. The first kappa shape index (κ1) is 9.74. The first-order valence-corrected chi connectivity index (χ1v) is 4.15. The lowest BCUT2D eigenvalue weighted by atomic mass is 10.0. The third-order valence-electron chi connectivity index (χ3n) is 1.81. The number of ether oxygens (including phenoxy) is 1. The maximum Gasteiger partial charge on any atom is 0.293 e. The standard InChI is InChI=1S/C10H13NO2/c1-8(11)10(13-7-12)9-5-3-2-4-6-9/h2-8,10H,11H2,1H3. The van der Waals surface area contributed by atoms with Crippen LogP contribution in [0.1, 0.15) is 18.6 Å². The average Bonchev–Trinajstić information content (AvgIpc) is 2.15. The Kier molecular flexibility index (Phi) is 3.46. The van der Waals surface area contributed by atoms with E-state index in [1.165, 1.54) is 0 Å². The fourth-order valence-corrected chi connectivity index (χ4v) is 1.21. The summed E-state index contributed by atoms with van der Waals surface area (Å²) >= 11 is 0. The molecule has 0 aliphatic carbocycles. The molecule has 70 valence electrons. The van der Waals surface area contributed by atoms with Crippen LogP contribution in [0.5, 0.6) is 0 Å². The maximum absolute atomic E-state index is 10.2. The Morgan fingerprint density at radius 2 is 2.00 bits per heavy atom. The molecular weight excluding hydrogens is 166 g/mol. The summed E-state index contributed by atoms with van der Waals surface area (Å²) in [5.41, 5.74) is 6.59. The largest absolute Gasteiger partial charge is 0.458 e. The highest BCUT2D eigenvalue weighted by molar-refractivity contribution is 5.39. The van der Waals surface area contributed by atoms with Gasteiger partial charge in [-0.3, -0.25) is 4.79 Å². The lowest BCUT2D eigenvalue weighted by Crippen LogP contribution is -2.26. The quantitative estimate of drug-likeness (QED) is 0.708. The van der Waals surface area contributed by atoms with Crippen LogP contribution in [-0.4, -0.2) is 12.5 Å². The van der Waals surface area contributed by atoms with E-state index in [9.17, 15) is 4.79 Å². The Bertz CT molecular complexity index is 259. The monoisotopic (exact) mass is 179 g/mol. The Morgan fingerprint density at radius 1 is 1.38 bits per heavy atom. The molecule has 2 N–H and O–H groups in total. The molecule has 0 aromatic heterocycles. The van der Waals surface area contributed by atoms with Crippen molar-refractivity contribution in [3.63, 3.8) is 0 Å². The van der Waals surface area contributed by atoms with Gasteiger partial charge in [0.2, 0.25) is 0 Å². The van der Waals surface area contributed by atoms with Crippen LogP contribution in [0.25, 0.3) is 0 Å². The van der Waals surface area contributed by atoms with E-state index in [1.54, 1.807) is 6.92 Å². The second kappa shape index (κ2) is 4.62. The molecule has 2 unspecified atom stereocenters. The summed E-state index contributed by atoms with van der Waals surface area (Å²) in [7, 11) is 0. The molecule has 1 aromatic carbocycles. The van der Waals surface area contributed by atoms with Gasteiger partial charge in [0.05, 0.1) is 0 Å². The fourth-order valence-electron chi connectivity index (χ4n) is 1.21. The van der Waals surface area contributed by atoms with Crippen LogP contribution in [-0.2, 0) is 9.53 Å². The molecule has 3 heteroatoms. The van der Waals surface area contributed by atoms with Crippen molar-refractivity contribution in [3.8, 4) is 0 Å². The number of carbonyl (C=O) groups excluding carboxylic acids is 1. The van der Waals surface area contributed by atoms with Crippen molar-refractivity contribution >= 4 is 6.47 Å². The van der Waals surface area contributed by atoms with Crippen molar-refractivity contribution in [2.24, 2.45) is 5.73 Å². The maximum atomic E-state index is 10.2. The molecule has 0 radical (unpaired) electrons. The van der Waals surface area contributed by atoms with Gasteiger partial charge in [-0.15, -0.1) is 0 Å². The first-order chi connectivity index (χ1) is 6.25. The lowest BCUT2D eigenvalue weighted by Gasteiger charge is -2.18. The Morgan fingerprint density at radius 3 is 2.46 bits per heavy atom. The van der Waals surface area contributed by atoms with Gasteiger partial charge in [-0.05, 0) is 12.5 Å². The van der Waals surface area contributed by atoms with E-state index in [-0.39, 0.29) is 12.1 Å². The number of hydrogen-bond donors (Lipinski definition) is 1. The summed E-state index contributed by atoms with van der Waals surface area (Å²) in [5.74, 6) is 0. The second-order valence-corrected chi connectivity index (χ2v) is 2.92. The summed E-state index contributed by atoms with van der Waals surface area (Å²) in [6, 6.07) is 9.25. The molecule has 0 fully saturated rings. The van der Waals surface area contributed by atoms with Gasteiger partial charge in [-0.2, -0.15) is 0 Å². The summed E-state index contributed by atoms with van der Waals surface area (Å²) in [5, 5.41) is 0. The molecule has 0 saturated heterocycles. The Labute approximate surface area is 77.5 Å². The van der Waals surface area contributed by atoms with Crippen LogP contribution in [0.4, 0.5) is 0 Å². The molecule has 0 saturated carbocycles. The normalized spacial score (nSPS) is 14.6. The van der Waals surface area contributed by atoms with E-state index in [4.69, 9.17) is 10.5 Å². The van der Waals surface area contributed by atoms with Gasteiger partial charge in [0.1, 0.15) is 6.10 Å². The third kappa shape index (κ3) is 2.56. The lowest BCUT2D eigenvalue weighted by molar-refractivity contribution is -0.134. The van der Waals surface area contributed by atoms with Crippen molar-refractivity contribution in [1.29, 1.82) is 0 Å². The zero-order valence-corrected chi connectivity index (χ0v) is 7.51. The summed E-state index contributed by atoms with van der Waals surface area (Å²) in [6.07, 6.45) is -0.348. The van der Waals surface area contributed by atoms with Gasteiger partial charge in [0, 0.05) is 6.04 Å². The van der Waals surface area contributed by atoms with E-state index in [0.29, 0.717) is 6.47 Å². The van der Waals surface area contributed by atoms with Crippen LogP contribution < -0.4 is 5.73 Å². The predicted octanol–water partition coefficient (Wildman–Crippen LogP) is 1.25. The molecule has 1 rings (SSSR count). The molecule has 0 bridgehead atoms. The molecule has 1 aromatic rings. The first-order valence-electron chi connectivity index (χ1n) is 4.15. The molecule has 0 amide bonds. The van der Waals surface area contributed by atoms with E-state index >= 15 is 0 Å². The highest BCUT2D eigenvalue weighted by Gasteiger charge is 2.16. The van der Waals surface area contributed by atoms with Crippen molar-refractivity contribution in [3.05, 3.63) is 35.9 Å². The second-order valence-electron chi connectivity index (χ2n) is 2.92. The van der Waals surface area contributed by atoms with E-state index < -0.39 is 0 Å². The number of rotatable bonds is 4. The van der Waals surface area contributed by atoms with Crippen LogP contribution in [0.2, 0.25) is 0 Å².